The van der Waals surface area contributed by atoms with E-state index in [1.54, 1.807) is 6.92 Å². The van der Waals surface area contributed by atoms with Gasteiger partial charge in [0.1, 0.15) is 0 Å². The number of benzene rings is 1. The number of hydrogen-bond acceptors (Lipinski definition) is 1. The van der Waals surface area contributed by atoms with Gasteiger partial charge in [-0.2, -0.15) is 43.4 Å². The minimum atomic E-state index is 0. The van der Waals surface area contributed by atoms with Gasteiger partial charge in [-0.1, -0.05) is 174 Å². The van der Waals surface area contributed by atoms with Gasteiger partial charge in [-0.25, -0.2) is 0 Å². The van der Waals surface area contributed by atoms with E-state index in [0.717, 1.165) is 52.9 Å². The number of Topliss-reactive ketones (excluding diaryl/α,β-unsaturated/α-hetero) is 1. The third-order valence-electron chi connectivity index (χ3n) is 8.77. The summed E-state index contributed by atoms with van der Waals surface area (Å²) in [4.78, 5) is 10.9. The predicted octanol–water partition coefficient (Wildman–Crippen LogP) is 19.3. The molecule has 7 heteroatoms. The zero-order chi connectivity index (χ0) is 47.8. The molecule has 372 valence electrons. The van der Waals surface area contributed by atoms with Gasteiger partial charge >= 0.3 is 0 Å². The van der Waals surface area contributed by atoms with E-state index in [9.17, 15) is 4.79 Å². The van der Waals surface area contributed by atoms with E-state index in [4.69, 9.17) is 0 Å². The van der Waals surface area contributed by atoms with Gasteiger partial charge in [0.2, 0.25) is 0 Å². The van der Waals surface area contributed by atoms with Crippen molar-refractivity contribution in [2.75, 3.05) is 0 Å². The van der Waals surface area contributed by atoms with Gasteiger partial charge in [-0.3, -0.25) is 4.79 Å². The Hall–Kier alpha value is 4.99. The molecule has 2 aliphatic rings. The summed E-state index contributed by atoms with van der Waals surface area (Å²) in [5.41, 5.74) is 1.79. The normalized spacial score (nSPS) is 16.2. The zero-order valence-corrected chi connectivity index (χ0v) is 64.7. The van der Waals surface area contributed by atoms with Gasteiger partial charge < -0.3 is 41.0 Å². The Balaban J connectivity index is -0.0000000509. The first-order valence-corrected chi connectivity index (χ1v) is 23.8. The molecule has 2 fully saturated rings. The van der Waals surface area contributed by atoms with Crippen molar-refractivity contribution in [1.29, 1.82) is 0 Å². The molecule has 65 heavy (non-hydrogen) atoms. The predicted molar refractivity (Wildman–Crippen MR) is 278 cm³/mol. The van der Waals surface area contributed by atoms with Crippen LogP contribution in [0.5, 0.6) is 0 Å². The maximum atomic E-state index is 10.9. The average molecular weight is 1360 g/mol. The van der Waals surface area contributed by atoms with Gasteiger partial charge in [0, 0.05) is 196 Å². The monoisotopic (exact) mass is 1360 g/mol. The van der Waals surface area contributed by atoms with Gasteiger partial charge in [-0.15, -0.1) is 0 Å². The number of allylic oxidation sites excluding steroid dienone is 2. The SMILES string of the molecule is C=C(CC=Cc1ccccc1)C(C)=O.CC(C)C1CC(C(C)C)C1.CC(C)C1CCC(C(C)C)CC1.C[CH-]C.[CH2-]C(C)C.[CH2-]C(C)C.[CH2-]C(C)C.[CH2-]C(C)C.[CH2-]C(C)C.[Y].[Y].[Y].[Y].[Y].[Y]. The fourth-order valence-corrected chi connectivity index (χ4v) is 5.32. The van der Waals surface area contributed by atoms with Crippen molar-refractivity contribution >= 4 is 11.9 Å². The molecule has 0 spiro atoms. The molecule has 0 aromatic heterocycles. The van der Waals surface area contributed by atoms with E-state index < -0.39 is 0 Å². The van der Waals surface area contributed by atoms with Crippen LogP contribution in [0.4, 0.5) is 0 Å². The molecule has 1 aromatic rings. The number of carbonyl (C=O) groups excluding carboxylic acids is 1. The topological polar surface area (TPSA) is 17.1 Å². The van der Waals surface area contributed by atoms with E-state index in [1.165, 1.54) is 38.5 Å². The standard InChI is InChI=1S/C13H14O.C12H24.C10H20.5C4H9.C3H7.6Y/c1-11(12(2)14)7-6-10-13-8-4-3-5-9-13;1-9(2)11-5-7-12(8-6-11)10(3)4;1-7(2)9-5-10(6-9)8(3)4;5*1-4(2)3;1-3-2;;;;;;/h3-6,8-10H,1,7H2,2H3;9-12H,5-8H2,1-4H3;7-10H,5-6H2,1-4H3;5*4H,1H2,2-3H3;3H,1-2H3;;;;;;/q;;;6*-1;;;;;;. The van der Waals surface area contributed by atoms with E-state index in [2.05, 4.69) is 166 Å². The van der Waals surface area contributed by atoms with Crippen molar-refractivity contribution in [1.82, 2.24) is 0 Å². The summed E-state index contributed by atoms with van der Waals surface area (Å²) in [6.45, 7) is 66.9. The Bertz CT molecular complexity index is 941. The molecular weight excluding hydrogens is 1250 g/mol. The molecule has 0 unspecified atom stereocenters. The van der Waals surface area contributed by atoms with Crippen LogP contribution >= 0.6 is 0 Å². The quantitative estimate of drug-likeness (QED) is 0.187. The summed E-state index contributed by atoms with van der Waals surface area (Å²) in [5.74, 6) is 10.8. The largest absolute Gasteiger partial charge is 0.341 e. The maximum Gasteiger partial charge on any atom is 0.155 e. The number of rotatable bonds is 8. The summed E-state index contributed by atoms with van der Waals surface area (Å²) in [5, 5.41) is 0. The van der Waals surface area contributed by atoms with Crippen LogP contribution < -0.4 is 0 Å². The van der Waals surface area contributed by atoms with Crippen LogP contribution in [0.2, 0.25) is 0 Å². The third kappa shape index (κ3) is 95.3. The van der Waals surface area contributed by atoms with E-state index in [1.807, 2.05) is 62.8 Å². The molecule has 0 atom stereocenters. The summed E-state index contributed by atoms with van der Waals surface area (Å²) in [7, 11) is 0. The Morgan fingerprint density at radius 1 is 0.523 bits per heavy atom. The number of carbonyl (C=O) groups is 1. The fraction of sp³-hybridized carbons (Fsp3) is 0.707. The van der Waals surface area contributed by atoms with Crippen molar-refractivity contribution in [3.63, 3.8) is 0 Å². The minimum Gasteiger partial charge on any atom is -0.341 e. The second-order valence-electron chi connectivity index (χ2n) is 20.4. The molecule has 0 heterocycles. The second kappa shape index (κ2) is 69.0. The van der Waals surface area contributed by atoms with Crippen molar-refractivity contribution < 1.29 is 201 Å². The van der Waals surface area contributed by atoms with Crippen LogP contribution in [0.1, 0.15) is 196 Å². The molecule has 1 aromatic carbocycles. The van der Waals surface area contributed by atoms with Crippen LogP contribution in [0.3, 0.4) is 0 Å². The molecular formula is C58H110OY6-6. The summed E-state index contributed by atoms with van der Waals surface area (Å²) in [6.07, 6.45) is 15.5. The Kier molecular flexibility index (Phi) is 105. The summed E-state index contributed by atoms with van der Waals surface area (Å²) >= 11 is 0. The Morgan fingerprint density at radius 3 is 0.923 bits per heavy atom. The Morgan fingerprint density at radius 2 is 0.738 bits per heavy atom. The zero-order valence-electron chi connectivity index (χ0n) is 47.7. The van der Waals surface area contributed by atoms with Crippen LogP contribution in [-0.4, -0.2) is 5.78 Å². The molecule has 6 radical (unpaired) electrons. The van der Waals surface area contributed by atoms with E-state index >= 15 is 0 Å². The van der Waals surface area contributed by atoms with Crippen molar-refractivity contribution in [2.45, 2.75) is 190 Å². The number of ketones is 1. The molecule has 0 N–H and O–H groups in total. The number of hydrogen-bond donors (Lipinski definition) is 0. The molecule has 0 aliphatic heterocycles. The van der Waals surface area contributed by atoms with Crippen LogP contribution in [0.15, 0.2) is 48.6 Å². The van der Waals surface area contributed by atoms with Gasteiger partial charge in [-0.05, 0) is 110 Å². The van der Waals surface area contributed by atoms with E-state index in [-0.39, 0.29) is 202 Å². The van der Waals surface area contributed by atoms with Crippen molar-refractivity contribution in [3.8, 4) is 0 Å². The third-order valence-corrected chi connectivity index (χ3v) is 8.77. The first kappa shape index (κ1) is 99.1. The van der Waals surface area contributed by atoms with Crippen molar-refractivity contribution in [2.24, 2.45) is 76.9 Å². The first-order chi connectivity index (χ1) is 27.0. The molecule has 2 aliphatic carbocycles. The molecule has 0 bridgehead atoms. The van der Waals surface area contributed by atoms with Crippen LogP contribution in [-0.2, 0) is 201 Å². The second-order valence-corrected chi connectivity index (χ2v) is 20.4. The minimum absolute atomic E-state index is 0. The first-order valence-electron chi connectivity index (χ1n) is 23.8. The van der Waals surface area contributed by atoms with Gasteiger partial charge in [0.05, 0.1) is 0 Å². The van der Waals surface area contributed by atoms with Gasteiger partial charge in [0.15, 0.2) is 5.78 Å². The Labute approximate surface area is 566 Å². The molecule has 2 saturated carbocycles. The fourth-order valence-electron chi connectivity index (χ4n) is 5.32. The molecule has 3 rings (SSSR count). The van der Waals surface area contributed by atoms with E-state index in [0.29, 0.717) is 41.6 Å². The average Bonchev–Trinajstić information content (AvgIpc) is 3.04. The molecule has 1 nitrogen and oxygen atoms in total. The molecule has 0 saturated heterocycles. The van der Waals surface area contributed by atoms with Crippen LogP contribution in [0.25, 0.3) is 6.08 Å². The summed E-state index contributed by atoms with van der Waals surface area (Å²) in [6, 6.07) is 9.99. The van der Waals surface area contributed by atoms with Crippen LogP contribution in [0, 0.1) is 118 Å². The van der Waals surface area contributed by atoms with Crippen molar-refractivity contribution in [3.05, 3.63) is 95.2 Å². The van der Waals surface area contributed by atoms with Gasteiger partial charge in [0.25, 0.3) is 0 Å². The maximum absolute atomic E-state index is 10.9. The summed E-state index contributed by atoms with van der Waals surface area (Å²) < 4.78 is 0. The molecule has 0 amide bonds. The smallest absolute Gasteiger partial charge is 0.155 e.